The smallest absolute Gasteiger partial charge is 0.151 e. The van der Waals surface area contributed by atoms with Crippen LogP contribution in [0.1, 0.15) is 122 Å². The van der Waals surface area contributed by atoms with Crippen molar-refractivity contribution >= 4 is 17.4 Å². The zero-order valence-electron chi connectivity index (χ0n) is 25.8. The predicted octanol–water partition coefficient (Wildman–Crippen LogP) is 9.44. The summed E-state index contributed by atoms with van der Waals surface area (Å²) in [5, 5.41) is 0. The van der Waals surface area contributed by atoms with E-state index in [4.69, 9.17) is 5.73 Å². The standard InChI is InChI=1S/C19H21NO.C6H12.C4H11N.2C2H6/c1-12-6-7-19(20-10-12)16(5)18(11-21)17-9-14(3)13(2)8-15(17)4;1-6-4-2-3-5-6;1-4(2,3)5;2*1-2/h6-11H,1-5H3;6H,2-5H2,1H3;5H2,1-3H3;2*1-2H3/b18-16+;;;;. The first kappa shape index (κ1) is 35.9. The fourth-order valence-corrected chi connectivity index (χ4v) is 3.56. The lowest BCUT2D eigenvalue weighted by Crippen LogP contribution is -2.26. The van der Waals surface area contributed by atoms with Gasteiger partial charge in [-0.3, -0.25) is 9.78 Å². The van der Waals surface area contributed by atoms with Crippen molar-refractivity contribution < 1.29 is 4.79 Å². The summed E-state index contributed by atoms with van der Waals surface area (Å²) in [5.41, 5.74) is 13.5. The lowest BCUT2D eigenvalue weighted by Gasteiger charge is -2.12. The van der Waals surface area contributed by atoms with Crippen LogP contribution in [0.4, 0.5) is 0 Å². The predicted molar refractivity (Wildman–Crippen MR) is 162 cm³/mol. The molecule has 0 amide bonds. The van der Waals surface area contributed by atoms with E-state index in [0.717, 1.165) is 40.2 Å². The third-order valence-corrected chi connectivity index (χ3v) is 5.59. The van der Waals surface area contributed by atoms with Crippen LogP contribution < -0.4 is 5.73 Å². The van der Waals surface area contributed by atoms with Gasteiger partial charge in [-0.15, -0.1) is 0 Å². The molecule has 3 rings (SSSR count). The highest BCUT2D eigenvalue weighted by Crippen LogP contribution is 2.28. The number of hydrogen-bond donors (Lipinski definition) is 1. The molecule has 1 aliphatic rings. The van der Waals surface area contributed by atoms with Gasteiger partial charge in [-0.2, -0.15) is 0 Å². The van der Waals surface area contributed by atoms with Crippen LogP contribution in [-0.4, -0.2) is 16.8 Å². The fraction of sp³-hybridized carbons (Fsp3) is 0.576. The summed E-state index contributed by atoms with van der Waals surface area (Å²) in [7, 11) is 0. The molecule has 2 N–H and O–H groups in total. The van der Waals surface area contributed by atoms with E-state index in [1.165, 1.54) is 36.8 Å². The van der Waals surface area contributed by atoms with Gasteiger partial charge in [-0.05, 0) is 101 Å². The number of rotatable bonds is 3. The van der Waals surface area contributed by atoms with Gasteiger partial charge in [-0.1, -0.05) is 78.5 Å². The highest BCUT2D eigenvalue weighted by molar-refractivity contribution is 6.17. The summed E-state index contributed by atoms with van der Waals surface area (Å²) in [6.45, 7) is 26.4. The summed E-state index contributed by atoms with van der Waals surface area (Å²) < 4.78 is 0. The van der Waals surface area contributed by atoms with E-state index < -0.39 is 0 Å². The van der Waals surface area contributed by atoms with Gasteiger partial charge in [0, 0.05) is 17.3 Å². The summed E-state index contributed by atoms with van der Waals surface area (Å²) in [4.78, 5) is 16.1. The van der Waals surface area contributed by atoms with Crippen LogP contribution in [0.3, 0.4) is 0 Å². The molecule has 0 saturated heterocycles. The molecular formula is C33H56N2O. The normalized spacial score (nSPS) is 13.3. The van der Waals surface area contributed by atoms with Crippen molar-refractivity contribution in [2.75, 3.05) is 0 Å². The van der Waals surface area contributed by atoms with Gasteiger partial charge in [0.25, 0.3) is 0 Å². The zero-order valence-corrected chi connectivity index (χ0v) is 25.8. The summed E-state index contributed by atoms with van der Waals surface area (Å²) in [6, 6.07) is 8.20. The Hall–Kier alpha value is -2.26. The molecule has 1 aromatic carbocycles. The second kappa shape index (κ2) is 18.9. The van der Waals surface area contributed by atoms with Crippen LogP contribution in [-0.2, 0) is 4.79 Å². The molecule has 0 bridgehead atoms. The van der Waals surface area contributed by atoms with Crippen molar-refractivity contribution in [3.63, 3.8) is 0 Å². The Morgan fingerprint density at radius 3 is 1.75 bits per heavy atom. The summed E-state index contributed by atoms with van der Waals surface area (Å²) >= 11 is 0. The highest BCUT2D eigenvalue weighted by Gasteiger charge is 2.12. The number of nitrogens with two attached hydrogens (primary N) is 1. The Labute approximate surface area is 224 Å². The number of pyridine rings is 1. The monoisotopic (exact) mass is 496 g/mol. The van der Waals surface area contributed by atoms with E-state index in [1.54, 1.807) is 0 Å². The number of allylic oxidation sites excluding steroid dienone is 2. The highest BCUT2D eigenvalue weighted by atomic mass is 16.1. The lowest BCUT2D eigenvalue weighted by molar-refractivity contribution is -0.103. The number of hydrogen-bond acceptors (Lipinski definition) is 3. The van der Waals surface area contributed by atoms with Gasteiger partial charge in [0.1, 0.15) is 0 Å². The summed E-state index contributed by atoms with van der Waals surface area (Å²) in [6.07, 6.45) is 8.71. The molecule has 0 radical (unpaired) electrons. The number of nitrogens with zero attached hydrogens (tertiary/aromatic N) is 1. The second-order valence-corrected chi connectivity index (χ2v) is 10.4. The first-order chi connectivity index (χ1) is 16.8. The van der Waals surface area contributed by atoms with Crippen molar-refractivity contribution in [3.8, 4) is 0 Å². The van der Waals surface area contributed by atoms with Gasteiger partial charge < -0.3 is 5.73 Å². The van der Waals surface area contributed by atoms with E-state index in [0.29, 0.717) is 5.57 Å². The molecule has 1 fully saturated rings. The van der Waals surface area contributed by atoms with Crippen LogP contribution in [0.15, 0.2) is 30.5 Å². The van der Waals surface area contributed by atoms with Gasteiger partial charge in [0.05, 0.1) is 5.69 Å². The molecule has 36 heavy (non-hydrogen) atoms. The van der Waals surface area contributed by atoms with Gasteiger partial charge in [0.2, 0.25) is 0 Å². The van der Waals surface area contributed by atoms with Crippen molar-refractivity contribution in [2.24, 2.45) is 11.7 Å². The average molecular weight is 497 g/mol. The van der Waals surface area contributed by atoms with Crippen molar-refractivity contribution in [2.45, 2.75) is 121 Å². The van der Waals surface area contributed by atoms with Crippen LogP contribution in [0.2, 0.25) is 0 Å². The number of carbonyl (C=O) groups is 1. The van der Waals surface area contributed by atoms with Gasteiger partial charge in [-0.25, -0.2) is 0 Å². The summed E-state index contributed by atoms with van der Waals surface area (Å²) in [5.74, 6) is 1.05. The number of aromatic nitrogens is 1. The molecule has 1 heterocycles. The van der Waals surface area contributed by atoms with Gasteiger partial charge in [0.15, 0.2) is 6.29 Å². The molecule has 1 saturated carbocycles. The Morgan fingerprint density at radius 1 is 0.917 bits per heavy atom. The van der Waals surface area contributed by atoms with Crippen molar-refractivity contribution in [1.82, 2.24) is 4.98 Å². The third-order valence-electron chi connectivity index (χ3n) is 5.59. The molecule has 2 aromatic rings. The Morgan fingerprint density at radius 2 is 1.39 bits per heavy atom. The maximum atomic E-state index is 11.7. The molecule has 0 unspecified atom stereocenters. The van der Waals surface area contributed by atoms with E-state index in [-0.39, 0.29) is 5.54 Å². The van der Waals surface area contributed by atoms with Crippen LogP contribution in [0, 0.1) is 33.6 Å². The molecule has 204 valence electrons. The number of benzene rings is 1. The minimum Gasteiger partial charge on any atom is -0.326 e. The Balaban J connectivity index is 0. The molecular weight excluding hydrogens is 440 g/mol. The molecule has 1 aliphatic carbocycles. The maximum absolute atomic E-state index is 11.7. The molecule has 0 aliphatic heterocycles. The van der Waals surface area contributed by atoms with Crippen molar-refractivity contribution in [1.29, 1.82) is 0 Å². The average Bonchev–Trinajstić information content (AvgIpc) is 3.31. The zero-order chi connectivity index (χ0) is 28.5. The number of carbonyl (C=O) groups excluding carboxylic acids is 1. The number of aryl methyl sites for hydroxylation is 4. The molecule has 3 nitrogen and oxygen atoms in total. The van der Waals surface area contributed by atoms with E-state index in [2.05, 4.69) is 37.9 Å². The van der Waals surface area contributed by atoms with E-state index in [9.17, 15) is 4.79 Å². The molecule has 1 aromatic heterocycles. The quantitative estimate of drug-likeness (QED) is 0.340. The third kappa shape index (κ3) is 15.0. The minimum absolute atomic E-state index is 0. The van der Waals surface area contributed by atoms with Crippen LogP contribution >= 0.6 is 0 Å². The van der Waals surface area contributed by atoms with Gasteiger partial charge >= 0.3 is 0 Å². The molecule has 0 atom stereocenters. The molecule has 0 spiro atoms. The largest absolute Gasteiger partial charge is 0.326 e. The minimum atomic E-state index is 0. The topological polar surface area (TPSA) is 56.0 Å². The van der Waals surface area contributed by atoms with Crippen LogP contribution in [0.5, 0.6) is 0 Å². The first-order valence-corrected chi connectivity index (χ1v) is 13.8. The SMILES string of the molecule is C/C(=C(/C=O)c1cc(C)c(C)cc1C)c1ccc(C)cn1.CC.CC.CC(C)(C)N.CC1CCCC1. The Kier molecular flexibility index (Phi) is 18.9. The number of aldehydes is 1. The molecule has 3 heteroatoms. The maximum Gasteiger partial charge on any atom is 0.151 e. The van der Waals surface area contributed by atoms with Crippen LogP contribution in [0.25, 0.3) is 11.1 Å². The first-order valence-electron chi connectivity index (χ1n) is 13.8. The van der Waals surface area contributed by atoms with Crippen molar-refractivity contribution in [3.05, 3.63) is 64.0 Å². The lowest BCUT2D eigenvalue weighted by atomic mass is 9.92. The Bertz CT molecular complexity index is 891. The second-order valence-electron chi connectivity index (χ2n) is 10.4. The van der Waals surface area contributed by atoms with E-state index in [1.807, 2.05) is 87.6 Å². The van der Waals surface area contributed by atoms with E-state index >= 15 is 0 Å². The fourth-order valence-electron chi connectivity index (χ4n) is 3.56.